The minimum absolute atomic E-state index is 0.0601. The second-order valence-electron chi connectivity index (χ2n) is 2.43. The molecule has 1 rings (SSSR count). The highest BCUT2D eigenvalue weighted by atomic mass is 16.4. The van der Waals surface area contributed by atoms with Gasteiger partial charge in [0.2, 0.25) is 0 Å². The Balaban J connectivity index is 2.77. The summed E-state index contributed by atoms with van der Waals surface area (Å²) >= 11 is 0. The molecule has 0 atom stereocenters. The van der Waals surface area contributed by atoms with Gasteiger partial charge < -0.3 is 5.11 Å². The number of aromatic nitrogens is 2. The van der Waals surface area contributed by atoms with Crippen molar-refractivity contribution in [2.45, 2.75) is 13.5 Å². The van der Waals surface area contributed by atoms with Crippen LogP contribution >= 0.6 is 0 Å². The van der Waals surface area contributed by atoms with Gasteiger partial charge in [-0.05, 0) is 6.92 Å². The van der Waals surface area contributed by atoms with Crippen molar-refractivity contribution in [2.75, 3.05) is 0 Å². The van der Waals surface area contributed by atoms with Crippen molar-refractivity contribution in [3.05, 3.63) is 18.0 Å². The Bertz CT molecular complexity index is 316. The standard InChI is InChI=1S/C7H8N2O3/c1-5(10)3-9-4-6(2-8-9)7(11)12/h2,4H,3H2,1H3,(H,11,12). The average Bonchev–Trinajstić information content (AvgIpc) is 2.34. The van der Waals surface area contributed by atoms with E-state index in [0.29, 0.717) is 0 Å². The highest BCUT2D eigenvalue weighted by Gasteiger charge is 2.05. The van der Waals surface area contributed by atoms with E-state index in [2.05, 4.69) is 5.10 Å². The second kappa shape index (κ2) is 3.17. The largest absolute Gasteiger partial charge is 0.478 e. The van der Waals surface area contributed by atoms with E-state index < -0.39 is 5.97 Å². The zero-order valence-electron chi connectivity index (χ0n) is 6.52. The fourth-order valence-electron chi connectivity index (χ4n) is 0.789. The van der Waals surface area contributed by atoms with Crippen LogP contribution in [0.15, 0.2) is 12.4 Å². The van der Waals surface area contributed by atoms with E-state index >= 15 is 0 Å². The minimum Gasteiger partial charge on any atom is -0.478 e. The highest BCUT2D eigenvalue weighted by molar-refractivity contribution is 5.87. The van der Waals surface area contributed by atoms with Crippen LogP contribution in [0.3, 0.4) is 0 Å². The second-order valence-corrected chi connectivity index (χ2v) is 2.43. The van der Waals surface area contributed by atoms with Gasteiger partial charge in [0.25, 0.3) is 0 Å². The Kier molecular flexibility index (Phi) is 2.23. The summed E-state index contributed by atoms with van der Waals surface area (Å²) in [5.41, 5.74) is 0.0938. The highest BCUT2D eigenvalue weighted by Crippen LogP contribution is 1.96. The van der Waals surface area contributed by atoms with Crippen LogP contribution in [-0.4, -0.2) is 26.6 Å². The molecule has 0 bridgehead atoms. The molecular formula is C7H8N2O3. The summed E-state index contributed by atoms with van der Waals surface area (Å²) < 4.78 is 1.30. The number of carbonyl (C=O) groups is 2. The molecule has 0 saturated heterocycles. The fraction of sp³-hybridized carbons (Fsp3) is 0.286. The van der Waals surface area contributed by atoms with Crippen molar-refractivity contribution in [3.63, 3.8) is 0 Å². The summed E-state index contributed by atoms with van der Waals surface area (Å²) in [5, 5.41) is 12.2. The van der Waals surface area contributed by atoms with Crippen LogP contribution in [0.2, 0.25) is 0 Å². The van der Waals surface area contributed by atoms with Crippen LogP contribution in [0.5, 0.6) is 0 Å². The molecular weight excluding hydrogens is 160 g/mol. The lowest BCUT2D eigenvalue weighted by atomic mass is 10.4. The van der Waals surface area contributed by atoms with Crippen LogP contribution < -0.4 is 0 Å². The average molecular weight is 168 g/mol. The number of ketones is 1. The number of Topliss-reactive ketones (excluding diaryl/α,β-unsaturated/α-hetero) is 1. The summed E-state index contributed by atoms with van der Waals surface area (Å²) in [4.78, 5) is 20.9. The summed E-state index contributed by atoms with van der Waals surface area (Å²) in [7, 11) is 0. The molecule has 12 heavy (non-hydrogen) atoms. The molecule has 1 aromatic rings. The normalized spacial score (nSPS) is 9.75. The first-order chi connectivity index (χ1) is 5.59. The Hall–Kier alpha value is -1.65. The van der Waals surface area contributed by atoms with Crippen molar-refractivity contribution in [2.24, 2.45) is 0 Å². The molecule has 0 unspecified atom stereocenters. The van der Waals surface area contributed by atoms with Gasteiger partial charge in [0.15, 0.2) is 5.78 Å². The predicted molar refractivity (Wildman–Crippen MR) is 39.9 cm³/mol. The third-order valence-electron chi connectivity index (χ3n) is 1.26. The zero-order chi connectivity index (χ0) is 9.14. The SMILES string of the molecule is CC(=O)Cn1cc(C(=O)O)cn1. The summed E-state index contributed by atoms with van der Waals surface area (Å²) in [5.74, 6) is -1.10. The van der Waals surface area contributed by atoms with E-state index in [-0.39, 0.29) is 17.9 Å². The van der Waals surface area contributed by atoms with Gasteiger partial charge in [0.1, 0.15) is 0 Å². The van der Waals surface area contributed by atoms with Crippen LogP contribution in [0, 0.1) is 0 Å². The van der Waals surface area contributed by atoms with Gasteiger partial charge in [-0.1, -0.05) is 0 Å². The number of hydrogen-bond acceptors (Lipinski definition) is 3. The van der Waals surface area contributed by atoms with E-state index in [1.54, 1.807) is 0 Å². The maximum atomic E-state index is 10.6. The van der Waals surface area contributed by atoms with Gasteiger partial charge in [-0.3, -0.25) is 9.48 Å². The Morgan fingerprint density at radius 2 is 2.33 bits per heavy atom. The maximum Gasteiger partial charge on any atom is 0.338 e. The number of hydrogen-bond donors (Lipinski definition) is 1. The van der Waals surface area contributed by atoms with E-state index in [1.165, 1.54) is 24.0 Å². The van der Waals surface area contributed by atoms with Gasteiger partial charge in [-0.25, -0.2) is 4.79 Å². The Morgan fingerprint density at radius 3 is 2.75 bits per heavy atom. The summed E-state index contributed by atoms with van der Waals surface area (Å²) in [6.45, 7) is 1.54. The molecule has 0 fully saturated rings. The lowest BCUT2D eigenvalue weighted by Gasteiger charge is -1.93. The van der Waals surface area contributed by atoms with Crippen LogP contribution in [-0.2, 0) is 11.3 Å². The van der Waals surface area contributed by atoms with Gasteiger partial charge in [0, 0.05) is 6.20 Å². The number of nitrogens with zero attached hydrogens (tertiary/aromatic N) is 2. The molecule has 0 aliphatic heterocycles. The molecule has 0 aromatic carbocycles. The molecule has 0 radical (unpaired) electrons. The van der Waals surface area contributed by atoms with E-state index in [1.807, 2.05) is 0 Å². The molecule has 1 N–H and O–H groups in total. The molecule has 5 heteroatoms. The number of carboxylic acid groups (broad SMARTS) is 1. The smallest absolute Gasteiger partial charge is 0.338 e. The molecule has 0 amide bonds. The first kappa shape index (κ1) is 8.45. The van der Waals surface area contributed by atoms with Crippen LogP contribution in [0.25, 0.3) is 0 Å². The fourth-order valence-corrected chi connectivity index (χ4v) is 0.789. The molecule has 0 aliphatic carbocycles. The van der Waals surface area contributed by atoms with Gasteiger partial charge in [-0.2, -0.15) is 5.10 Å². The van der Waals surface area contributed by atoms with Gasteiger partial charge in [0.05, 0.1) is 18.3 Å². The molecule has 1 aromatic heterocycles. The number of carbonyl (C=O) groups excluding carboxylic acids is 1. The van der Waals surface area contributed by atoms with Crippen LogP contribution in [0.4, 0.5) is 0 Å². The molecule has 1 heterocycles. The summed E-state index contributed by atoms with van der Waals surface area (Å²) in [6.07, 6.45) is 2.54. The summed E-state index contributed by atoms with van der Waals surface area (Å²) in [6, 6.07) is 0. The Morgan fingerprint density at radius 1 is 1.67 bits per heavy atom. The molecule has 0 spiro atoms. The first-order valence-corrected chi connectivity index (χ1v) is 3.35. The van der Waals surface area contributed by atoms with Crippen molar-refractivity contribution in [3.8, 4) is 0 Å². The Labute approximate surface area is 68.6 Å². The first-order valence-electron chi connectivity index (χ1n) is 3.35. The van der Waals surface area contributed by atoms with Crippen molar-refractivity contribution in [1.82, 2.24) is 9.78 Å². The zero-order valence-corrected chi connectivity index (χ0v) is 6.52. The van der Waals surface area contributed by atoms with Crippen molar-refractivity contribution < 1.29 is 14.7 Å². The third-order valence-corrected chi connectivity index (χ3v) is 1.26. The van der Waals surface area contributed by atoms with Gasteiger partial charge >= 0.3 is 5.97 Å². The molecule has 0 saturated carbocycles. The van der Waals surface area contributed by atoms with Crippen LogP contribution in [0.1, 0.15) is 17.3 Å². The molecule has 5 nitrogen and oxygen atoms in total. The quantitative estimate of drug-likeness (QED) is 0.698. The number of rotatable bonds is 3. The minimum atomic E-state index is -1.04. The molecule has 0 aliphatic rings. The van der Waals surface area contributed by atoms with Crippen molar-refractivity contribution in [1.29, 1.82) is 0 Å². The van der Waals surface area contributed by atoms with E-state index in [0.717, 1.165) is 0 Å². The maximum absolute atomic E-state index is 10.6. The van der Waals surface area contributed by atoms with E-state index in [4.69, 9.17) is 5.11 Å². The number of aromatic carboxylic acids is 1. The monoisotopic (exact) mass is 168 g/mol. The van der Waals surface area contributed by atoms with Gasteiger partial charge in [-0.15, -0.1) is 0 Å². The lowest BCUT2D eigenvalue weighted by molar-refractivity contribution is -0.117. The predicted octanol–water partition coefficient (Wildman–Crippen LogP) is 0.170. The third kappa shape index (κ3) is 1.91. The topological polar surface area (TPSA) is 72.2 Å². The lowest BCUT2D eigenvalue weighted by Crippen LogP contribution is -2.06. The van der Waals surface area contributed by atoms with E-state index in [9.17, 15) is 9.59 Å². The van der Waals surface area contributed by atoms with Crippen molar-refractivity contribution >= 4 is 11.8 Å². The number of carboxylic acids is 1. The molecule has 64 valence electrons.